The zero-order valence-corrected chi connectivity index (χ0v) is 10.4. The molecule has 0 radical (unpaired) electrons. The van der Waals surface area contributed by atoms with Crippen LogP contribution in [0.2, 0.25) is 5.02 Å². The molecule has 0 saturated carbocycles. The number of anilines is 1. The van der Waals surface area contributed by atoms with E-state index in [0.717, 1.165) is 19.4 Å². The van der Waals surface area contributed by atoms with Gasteiger partial charge in [-0.15, -0.1) is 0 Å². The van der Waals surface area contributed by atoms with Crippen molar-refractivity contribution in [2.75, 3.05) is 12.0 Å². The van der Waals surface area contributed by atoms with Crippen LogP contribution in [0.5, 0.6) is 0 Å². The van der Waals surface area contributed by atoms with Crippen LogP contribution < -0.4 is 11.3 Å². The van der Waals surface area contributed by atoms with E-state index in [9.17, 15) is 4.79 Å². The molecule has 1 fully saturated rings. The van der Waals surface area contributed by atoms with Crippen molar-refractivity contribution in [2.45, 2.75) is 25.8 Å². The smallest absolute Gasteiger partial charge is 0.255 e. The summed E-state index contributed by atoms with van der Waals surface area (Å²) in [7, 11) is 0. The number of hydrogen-bond acceptors (Lipinski definition) is 4. The molecule has 0 aliphatic carbocycles. The Morgan fingerprint density at radius 3 is 3.00 bits per heavy atom. The number of hydrazine groups is 1. The van der Waals surface area contributed by atoms with E-state index in [1.54, 1.807) is 6.07 Å². The lowest BCUT2D eigenvalue weighted by Crippen LogP contribution is -2.33. The van der Waals surface area contributed by atoms with Gasteiger partial charge in [-0.3, -0.25) is 4.79 Å². The van der Waals surface area contributed by atoms with Crippen molar-refractivity contribution < 1.29 is 4.79 Å². The van der Waals surface area contributed by atoms with Gasteiger partial charge in [0.25, 0.3) is 5.91 Å². The monoisotopic (exact) mass is 254 g/mol. The number of amides is 1. The van der Waals surface area contributed by atoms with Crippen molar-refractivity contribution in [1.29, 1.82) is 0 Å². The molecular weight excluding hydrogens is 240 g/mol. The number of hydrogen-bond donors (Lipinski definition) is 2. The average Bonchev–Trinajstić information content (AvgIpc) is 2.74. The summed E-state index contributed by atoms with van der Waals surface area (Å²) < 4.78 is 0. The molecule has 0 bridgehead atoms. The van der Waals surface area contributed by atoms with Crippen LogP contribution in [0.1, 0.15) is 30.1 Å². The highest BCUT2D eigenvalue weighted by molar-refractivity contribution is 6.33. The number of rotatable bonds is 2. The second-order valence-corrected chi connectivity index (χ2v) is 4.60. The van der Waals surface area contributed by atoms with Gasteiger partial charge in [0.1, 0.15) is 0 Å². The van der Waals surface area contributed by atoms with Gasteiger partial charge in [-0.1, -0.05) is 11.6 Å². The highest BCUT2D eigenvalue weighted by Crippen LogP contribution is 2.23. The van der Waals surface area contributed by atoms with Gasteiger partial charge in [0.2, 0.25) is 0 Å². The van der Waals surface area contributed by atoms with Crippen LogP contribution in [0, 0.1) is 0 Å². The quantitative estimate of drug-likeness (QED) is 0.622. The molecule has 2 rings (SSSR count). The third kappa shape index (κ3) is 2.35. The first kappa shape index (κ1) is 12.1. The number of nitrogens with one attached hydrogen (secondary N) is 1. The molecule has 6 heteroatoms. The van der Waals surface area contributed by atoms with Gasteiger partial charge in [0.15, 0.2) is 5.82 Å². The molecule has 5 nitrogen and oxygen atoms in total. The van der Waals surface area contributed by atoms with Gasteiger partial charge in [-0.25, -0.2) is 10.8 Å². The van der Waals surface area contributed by atoms with Gasteiger partial charge in [-0.2, -0.15) is 0 Å². The van der Waals surface area contributed by atoms with Crippen molar-refractivity contribution >= 4 is 23.3 Å². The van der Waals surface area contributed by atoms with E-state index in [1.807, 2.05) is 4.90 Å². The topological polar surface area (TPSA) is 71.2 Å². The van der Waals surface area contributed by atoms with Crippen LogP contribution in [0.4, 0.5) is 5.82 Å². The maximum Gasteiger partial charge on any atom is 0.255 e. The van der Waals surface area contributed by atoms with E-state index in [4.69, 9.17) is 17.4 Å². The van der Waals surface area contributed by atoms with E-state index >= 15 is 0 Å². The third-order valence-corrected chi connectivity index (χ3v) is 3.33. The van der Waals surface area contributed by atoms with Crippen molar-refractivity contribution in [1.82, 2.24) is 9.88 Å². The molecule has 1 aromatic rings. The number of nitrogens with two attached hydrogens (primary N) is 1. The van der Waals surface area contributed by atoms with Crippen LogP contribution in [0.3, 0.4) is 0 Å². The fraction of sp³-hybridized carbons (Fsp3) is 0.455. The summed E-state index contributed by atoms with van der Waals surface area (Å²) in [5, 5.41) is 0.352. The summed E-state index contributed by atoms with van der Waals surface area (Å²) in [6.07, 6.45) is 3.60. The predicted molar refractivity (Wildman–Crippen MR) is 66.8 cm³/mol. The Labute approximate surface area is 105 Å². The molecule has 17 heavy (non-hydrogen) atoms. The van der Waals surface area contributed by atoms with E-state index in [0.29, 0.717) is 16.4 Å². The molecule has 1 aliphatic rings. The van der Waals surface area contributed by atoms with Crippen molar-refractivity contribution in [2.24, 2.45) is 5.84 Å². The van der Waals surface area contributed by atoms with E-state index in [2.05, 4.69) is 17.3 Å². The van der Waals surface area contributed by atoms with Gasteiger partial charge in [0, 0.05) is 18.8 Å². The molecule has 1 aromatic heterocycles. The van der Waals surface area contributed by atoms with Crippen LogP contribution in [-0.2, 0) is 0 Å². The molecular formula is C11H15ClN4O. The summed E-state index contributed by atoms with van der Waals surface area (Å²) in [4.78, 5) is 18.0. The molecule has 1 amide bonds. The summed E-state index contributed by atoms with van der Waals surface area (Å²) >= 11 is 5.94. The lowest BCUT2D eigenvalue weighted by molar-refractivity contribution is 0.0747. The van der Waals surface area contributed by atoms with E-state index in [-0.39, 0.29) is 11.9 Å². The molecule has 1 aliphatic heterocycles. The van der Waals surface area contributed by atoms with Gasteiger partial charge >= 0.3 is 0 Å². The normalized spacial score (nSPS) is 19.5. The number of carbonyl (C=O) groups excluding carboxylic acids is 1. The number of aromatic nitrogens is 1. The Hall–Kier alpha value is -1.33. The molecule has 0 aromatic carbocycles. The lowest BCUT2D eigenvalue weighted by Gasteiger charge is -2.21. The Morgan fingerprint density at radius 2 is 2.47 bits per heavy atom. The third-order valence-electron chi connectivity index (χ3n) is 3.04. The largest absolute Gasteiger partial charge is 0.336 e. The molecule has 1 saturated heterocycles. The SMILES string of the molecule is CC1CCCN1C(=O)c1cnc(NN)c(Cl)c1. The standard InChI is InChI=1S/C11H15ClN4O/c1-7-3-2-4-16(7)11(17)8-5-9(12)10(15-13)14-6-8/h5-7H,2-4,13H2,1H3,(H,14,15). The highest BCUT2D eigenvalue weighted by Gasteiger charge is 2.26. The fourth-order valence-electron chi connectivity index (χ4n) is 2.06. The Morgan fingerprint density at radius 1 is 1.71 bits per heavy atom. The number of likely N-dealkylation sites (tertiary alicyclic amines) is 1. The minimum atomic E-state index is -0.0204. The average molecular weight is 255 g/mol. The predicted octanol–water partition coefficient (Wildman–Crippen LogP) is 1.65. The zero-order valence-electron chi connectivity index (χ0n) is 9.61. The Kier molecular flexibility index (Phi) is 3.49. The van der Waals surface area contributed by atoms with E-state index in [1.165, 1.54) is 6.20 Å². The number of nitrogen functional groups attached to an aromatic ring is 1. The Balaban J connectivity index is 2.22. The van der Waals surface area contributed by atoms with Crippen molar-refractivity contribution in [3.63, 3.8) is 0 Å². The lowest BCUT2D eigenvalue weighted by atomic mass is 10.2. The van der Waals surface area contributed by atoms with Crippen LogP contribution in [0.25, 0.3) is 0 Å². The van der Waals surface area contributed by atoms with Gasteiger partial charge in [0.05, 0.1) is 10.6 Å². The first-order chi connectivity index (χ1) is 8.13. The minimum Gasteiger partial charge on any atom is -0.336 e. The van der Waals surface area contributed by atoms with Gasteiger partial charge in [-0.05, 0) is 25.8 Å². The summed E-state index contributed by atoms with van der Waals surface area (Å²) in [6, 6.07) is 1.88. The number of carbonyl (C=O) groups is 1. The van der Waals surface area contributed by atoms with E-state index < -0.39 is 0 Å². The minimum absolute atomic E-state index is 0.0204. The molecule has 0 spiro atoms. The van der Waals surface area contributed by atoms with Crippen molar-refractivity contribution in [3.05, 3.63) is 22.8 Å². The molecule has 1 atom stereocenters. The fourth-order valence-corrected chi connectivity index (χ4v) is 2.28. The first-order valence-corrected chi connectivity index (χ1v) is 5.94. The highest BCUT2D eigenvalue weighted by atomic mass is 35.5. The Bertz CT molecular complexity index is 437. The summed E-state index contributed by atoms with van der Waals surface area (Å²) in [5.41, 5.74) is 2.87. The number of nitrogens with zero attached hydrogens (tertiary/aromatic N) is 2. The second kappa shape index (κ2) is 4.89. The molecule has 92 valence electrons. The summed E-state index contributed by atoms with van der Waals surface area (Å²) in [6.45, 7) is 2.85. The first-order valence-electron chi connectivity index (χ1n) is 5.56. The maximum absolute atomic E-state index is 12.2. The molecule has 2 heterocycles. The van der Waals surface area contributed by atoms with Crippen LogP contribution >= 0.6 is 11.6 Å². The molecule has 1 unspecified atom stereocenters. The van der Waals surface area contributed by atoms with Gasteiger partial charge < -0.3 is 10.3 Å². The van der Waals surface area contributed by atoms with Crippen LogP contribution in [0.15, 0.2) is 12.3 Å². The summed E-state index contributed by atoms with van der Waals surface area (Å²) in [5.74, 6) is 5.58. The maximum atomic E-state index is 12.2. The van der Waals surface area contributed by atoms with Crippen molar-refractivity contribution in [3.8, 4) is 0 Å². The number of pyridine rings is 1. The second-order valence-electron chi connectivity index (χ2n) is 4.19. The number of halogens is 1. The zero-order chi connectivity index (χ0) is 12.4. The molecule has 3 N–H and O–H groups in total. The van der Waals surface area contributed by atoms with Crippen LogP contribution in [-0.4, -0.2) is 28.4 Å².